The zero-order valence-corrected chi connectivity index (χ0v) is 15.3. The quantitative estimate of drug-likeness (QED) is 0.652. The maximum absolute atomic E-state index is 12.7. The predicted octanol–water partition coefficient (Wildman–Crippen LogP) is 1.85. The molecule has 2 amide bonds. The van der Waals surface area contributed by atoms with Crippen molar-refractivity contribution in [3.63, 3.8) is 0 Å². The van der Waals surface area contributed by atoms with Gasteiger partial charge in [0, 0.05) is 36.9 Å². The van der Waals surface area contributed by atoms with Crippen molar-refractivity contribution in [1.29, 1.82) is 0 Å². The molecule has 0 aliphatic carbocycles. The molecular weight excluding hydrogens is 340 g/mol. The van der Waals surface area contributed by atoms with E-state index in [1.165, 1.54) is 0 Å². The fourth-order valence-electron chi connectivity index (χ4n) is 2.95. The first-order valence-corrected chi connectivity index (χ1v) is 8.92. The zero-order valence-electron chi connectivity index (χ0n) is 15.3. The van der Waals surface area contributed by atoms with E-state index in [1.807, 2.05) is 48.5 Å². The van der Waals surface area contributed by atoms with E-state index in [1.54, 1.807) is 12.0 Å². The lowest BCUT2D eigenvalue weighted by molar-refractivity contribution is -0.122. The Hall–Kier alpha value is -3.10. The monoisotopic (exact) mass is 362 g/mol. The van der Waals surface area contributed by atoms with E-state index >= 15 is 0 Å². The predicted molar refractivity (Wildman–Crippen MR) is 103 cm³/mol. The Morgan fingerprint density at radius 1 is 1.15 bits per heavy atom. The van der Waals surface area contributed by atoms with Gasteiger partial charge in [0.25, 0.3) is 5.91 Å². The van der Waals surface area contributed by atoms with Gasteiger partial charge in [0.1, 0.15) is 0 Å². The van der Waals surface area contributed by atoms with Crippen molar-refractivity contribution in [2.75, 3.05) is 33.4 Å². The molecule has 5 heteroatoms. The lowest BCUT2D eigenvalue weighted by atomic mass is 9.96. The number of hydrogen-bond donors (Lipinski definition) is 1. The Kier molecular flexibility index (Phi) is 6.24. The lowest BCUT2D eigenvalue weighted by Gasteiger charge is -2.28. The number of benzene rings is 2. The van der Waals surface area contributed by atoms with Crippen molar-refractivity contribution >= 4 is 11.8 Å². The van der Waals surface area contributed by atoms with Crippen LogP contribution in [0, 0.1) is 11.8 Å². The second-order valence-corrected chi connectivity index (χ2v) is 6.31. The van der Waals surface area contributed by atoms with Gasteiger partial charge in [-0.3, -0.25) is 9.59 Å². The average molecular weight is 362 g/mol. The maximum atomic E-state index is 12.7. The van der Waals surface area contributed by atoms with Crippen LogP contribution in [0.3, 0.4) is 0 Å². The SMILES string of the molecule is COCCNC(=O)CN1CCc2cc(C#Cc3ccccc3)ccc2C1=O. The fraction of sp³-hybridized carbons (Fsp3) is 0.273. The molecule has 0 saturated carbocycles. The number of ether oxygens (including phenoxy) is 1. The molecule has 1 aliphatic heterocycles. The van der Waals surface area contributed by atoms with Gasteiger partial charge in [-0.05, 0) is 42.3 Å². The van der Waals surface area contributed by atoms with Crippen molar-refractivity contribution in [3.8, 4) is 11.8 Å². The number of nitrogens with one attached hydrogen (secondary N) is 1. The molecule has 1 N–H and O–H groups in total. The van der Waals surface area contributed by atoms with Crippen LogP contribution in [0.15, 0.2) is 48.5 Å². The van der Waals surface area contributed by atoms with Gasteiger partial charge in [-0.15, -0.1) is 0 Å². The minimum atomic E-state index is -0.172. The molecule has 2 aromatic rings. The summed E-state index contributed by atoms with van der Waals surface area (Å²) >= 11 is 0. The first-order chi connectivity index (χ1) is 13.2. The van der Waals surface area contributed by atoms with E-state index in [0.29, 0.717) is 31.7 Å². The molecule has 1 aliphatic rings. The Balaban J connectivity index is 1.67. The van der Waals surface area contributed by atoms with E-state index in [0.717, 1.165) is 16.7 Å². The summed E-state index contributed by atoms with van der Waals surface area (Å²) in [5.74, 6) is 5.99. The number of methoxy groups -OCH3 is 1. The van der Waals surface area contributed by atoms with Crippen molar-refractivity contribution in [2.24, 2.45) is 0 Å². The van der Waals surface area contributed by atoms with Gasteiger partial charge in [0.15, 0.2) is 0 Å². The van der Waals surface area contributed by atoms with Gasteiger partial charge in [-0.25, -0.2) is 0 Å². The molecule has 0 spiro atoms. The number of amides is 2. The van der Waals surface area contributed by atoms with Gasteiger partial charge < -0.3 is 15.0 Å². The Bertz CT molecular complexity index is 881. The van der Waals surface area contributed by atoms with E-state index in [2.05, 4.69) is 17.2 Å². The standard InChI is InChI=1S/C22H22N2O3/c1-27-14-12-23-21(25)16-24-13-11-19-15-18(9-10-20(19)22(24)26)8-7-17-5-3-2-4-6-17/h2-6,9-10,15H,11-14,16H2,1H3,(H,23,25). The molecule has 2 aromatic carbocycles. The highest BCUT2D eigenvalue weighted by Gasteiger charge is 2.25. The van der Waals surface area contributed by atoms with Crippen LogP contribution in [0.25, 0.3) is 0 Å². The second-order valence-electron chi connectivity index (χ2n) is 6.31. The molecule has 0 bridgehead atoms. The molecular formula is C22H22N2O3. The smallest absolute Gasteiger partial charge is 0.254 e. The number of nitrogens with zero attached hydrogens (tertiary/aromatic N) is 1. The van der Waals surface area contributed by atoms with Gasteiger partial charge >= 0.3 is 0 Å². The fourth-order valence-corrected chi connectivity index (χ4v) is 2.95. The number of carbonyl (C=O) groups is 2. The van der Waals surface area contributed by atoms with Crippen molar-refractivity contribution in [2.45, 2.75) is 6.42 Å². The number of fused-ring (bicyclic) bond motifs is 1. The van der Waals surface area contributed by atoms with Crippen molar-refractivity contribution in [1.82, 2.24) is 10.2 Å². The first-order valence-electron chi connectivity index (χ1n) is 8.92. The third-order valence-electron chi connectivity index (χ3n) is 4.36. The summed E-state index contributed by atoms with van der Waals surface area (Å²) in [6, 6.07) is 15.4. The van der Waals surface area contributed by atoms with E-state index < -0.39 is 0 Å². The van der Waals surface area contributed by atoms with Gasteiger partial charge in [0.2, 0.25) is 5.91 Å². The number of rotatable bonds is 5. The number of carbonyl (C=O) groups excluding carboxylic acids is 2. The molecule has 0 aromatic heterocycles. The largest absolute Gasteiger partial charge is 0.383 e. The van der Waals surface area contributed by atoms with E-state index in [4.69, 9.17) is 4.74 Å². The molecule has 0 saturated heterocycles. The molecule has 0 radical (unpaired) electrons. The summed E-state index contributed by atoms with van der Waals surface area (Å²) in [5.41, 5.74) is 3.47. The highest BCUT2D eigenvalue weighted by atomic mass is 16.5. The number of hydrogen-bond acceptors (Lipinski definition) is 3. The van der Waals surface area contributed by atoms with Crippen LogP contribution >= 0.6 is 0 Å². The Labute approximate surface area is 159 Å². The topological polar surface area (TPSA) is 58.6 Å². The van der Waals surface area contributed by atoms with Crippen LogP contribution < -0.4 is 5.32 Å². The third-order valence-corrected chi connectivity index (χ3v) is 4.36. The van der Waals surface area contributed by atoms with Crippen LogP contribution in [0.5, 0.6) is 0 Å². The van der Waals surface area contributed by atoms with Gasteiger partial charge in [-0.1, -0.05) is 30.0 Å². The molecule has 0 fully saturated rings. The van der Waals surface area contributed by atoms with Crippen LogP contribution in [0.1, 0.15) is 27.0 Å². The van der Waals surface area contributed by atoms with Crippen LogP contribution in [-0.4, -0.2) is 50.1 Å². The molecule has 138 valence electrons. The average Bonchev–Trinajstić information content (AvgIpc) is 2.69. The summed E-state index contributed by atoms with van der Waals surface area (Å²) in [5, 5.41) is 2.74. The summed E-state index contributed by atoms with van der Waals surface area (Å²) in [4.78, 5) is 26.2. The summed E-state index contributed by atoms with van der Waals surface area (Å²) in [6.07, 6.45) is 0.716. The van der Waals surface area contributed by atoms with Crippen LogP contribution in [0.4, 0.5) is 0 Å². The third kappa shape index (κ3) is 4.96. The lowest BCUT2D eigenvalue weighted by Crippen LogP contribution is -2.44. The normalized spacial score (nSPS) is 12.8. The van der Waals surface area contributed by atoms with Crippen LogP contribution in [0.2, 0.25) is 0 Å². The summed E-state index contributed by atoms with van der Waals surface area (Å²) < 4.78 is 4.90. The molecule has 5 nitrogen and oxygen atoms in total. The van der Waals surface area contributed by atoms with Crippen molar-refractivity contribution < 1.29 is 14.3 Å². The van der Waals surface area contributed by atoms with E-state index in [-0.39, 0.29) is 18.4 Å². The summed E-state index contributed by atoms with van der Waals surface area (Å²) in [7, 11) is 1.58. The molecule has 1 heterocycles. The molecule has 0 unspecified atom stereocenters. The first kappa shape index (κ1) is 18.7. The van der Waals surface area contributed by atoms with E-state index in [9.17, 15) is 9.59 Å². The second kappa shape index (κ2) is 9.02. The Morgan fingerprint density at radius 2 is 1.93 bits per heavy atom. The molecule has 0 atom stereocenters. The zero-order chi connectivity index (χ0) is 19.1. The summed E-state index contributed by atoms with van der Waals surface area (Å²) in [6.45, 7) is 1.49. The van der Waals surface area contributed by atoms with Gasteiger partial charge in [-0.2, -0.15) is 0 Å². The van der Waals surface area contributed by atoms with Crippen LogP contribution in [-0.2, 0) is 16.0 Å². The minimum absolute atomic E-state index is 0.0670. The van der Waals surface area contributed by atoms with Gasteiger partial charge in [0.05, 0.1) is 13.2 Å². The Morgan fingerprint density at radius 3 is 2.70 bits per heavy atom. The minimum Gasteiger partial charge on any atom is -0.383 e. The molecule has 3 rings (SSSR count). The van der Waals surface area contributed by atoms with Crippen molar-refractivity contribution in [3.05, 3.63) is 70.8 Å². The highest BCUT2D eigenvalue weighted by molar-refractivity contribution is 5.98. The molecule has 27 heavy (non-hydrogen) atoms. The highest BCUT2D eigenvalue weighted by Crippen LogP contribution is 2.20. The maximum Gasteiger partial charge on any atom is 0.254 e.